The third-order valence-corrected chi connectivity index (χ3v) is 7.51. The first-order chi connectivity index (χ1) is 16.8. The fourth-order valence-electron chi connectivity index (χ4n) is 5.77. The summed E-state index contributed by atoms with van der Waals surface area (Å²) in [4.78, 5) is 12.5. The summed E-state index contributed by atoms with van der Waals surface area (Å²) in [6.45, 7) is 0.650. The normalized spacial score (nSPS) is 24.0. The molecule has 2 fully saturated rings. The van der Waals surface area contributed by atoms with Crippen molar-refractivity contribution < 1.29 is 31.8 Å². The zero-order valence-corrected chi connectivity index (χ0v) is 19.5. The van der Waals surface area contributed by atoms with Gasteiger partial charge in [0.1, 0.15) is 11.6 Å². The minimum atomic E-state index is -3.17. The standard InChI is InChI=1S/C28H30F4O3/c1-2-3-4-17-5-6-19-14-20(8-7-18(19)13-17)23-11-9-21(15-24(23)29)27(33)34-22-10-12-26(25(30)16-22)35-28(31)32/h2,9-12,15-20,28H,1,3-8,13-14H2. The first-order valence-electron chi connectivity index (χ1n) is 12.2. The average Bonchev–Trinajstić information content (AvgIpc) is 2.83. The molecule has 0 amide bonds. The molecule has 3 nitrogen and oxygen atoms in total. The molecule has 2 aromatic carbocycles. The van der Waals surface area contributed by atoms with Crippen molar-refractivity contribution in [3.8, 4) is 11.5 Å². The summed E-state index contributed by atoms with van der Waals surface area (Å²) >= 11 is 0. The van der Waals surface area contributed by atoms with E-state index in [0.717, 1.165) is 55.9 Å². The zero-order valence-electron chi connectivity index (χ0n) is 19.5. The van der Waals surface area contributed by atoms with Crippen LogP contribution in [0.15, 0.2) is 49.1 Å². The molecule has 2 aliphatic rings. The Labute approximate surface area is 203 Å². The first kappa shape index (κ1) is 25.3. The number of esters is 1. The molecule has 4 unspecified atom stereocenters. The van der Waals surface area contributed by atoms with E-state index < -0.39 is 30.0 Å². The summed E-state index contributed by atoms with van der Waals surface area (Å²) in [5.41, 5.74) is 0.615. The predicted molar refractivity (Wildman–Crippen MR) is 125 cm³/mol. The lowest BCUT2D eigenvalue weighted by molar-refractivity contribution is -0.0522. The van der Waals surface area contributed by atoms with Crippen molar-refractivity contribution in [3.05, 3.63) is 71.8 Å². The predicted octanol–water partition coefficient (Wildman–Crippen LogP) is 8.05. The summed E-state index contributed by atoms with van der Waals surface area (Å²) in [5, 5.41) is 0. The number of alkyl halides is 2. The number of ether oxygens (including phenoxy) is 2. The van der Waals surface area contributed by atoms with Crippen LogP contribution in [0, 0.1) is 29.4 Å². The number of halogens is 4. The van der Waals surface area contributed by atoms with Crippen molar-refractivity contribution >= 4 is 5.97 Å². The molecule has 0 aromatic heterocycles. The van der Waals surface area contributed by atoms with Crippen molar-refractivity contribution in [1.29, 1.82) is 0 Å². The minimum Gasteiger partial charge on any atom is -0.432 e. The smallest absolute Gasteiger partial charge is 0.387 e. The Kier molecular flexibility index (Phi) is 8.14. The van der Waals surface area contributed by atoms with E-state index in [4.69, 9.17) is 4.74 Å². The molecule has 0 heterocycles. The van der Waals surface area contributed by atoms with Crippen molar-refractivity contribution in [3.63, 3.8) is 0 Å². The quantitative estimate of drug-likeness (QED) is 0.163. The van der Waals surface area contributed by atoms with Gasteiger partial charge in [-0.1, -0.05) is 18.6 Å². The lowest BCUT2D eigenvalue weighted by atomic mass is 9.63. The second kappa shape index (κ2) is 11.3. The van der Waals surface area contributed by atoms with Crippen molar-refractivity contribution in [1.82, 2.24) is 0 Å². The Balaban J connectivity index is 1.37. The zero-order chi connectivity index (χ0) is 24.9. The SMILES string of the molecule is C=CCCC1CCC2CC(c3ccc(C(=O)Oc4ccc(OC(F)F)c(F)c4)cc3F)CCC2C1. The highest BCUT2D eigenvalue weighted by Crippen LogP contribution is 2.48. The molecule has 0 saturated heterocycles. The van der Waals surface area contributed by atoms with E-state index in [1.165, 1.54) is 31.7 Å². The highest BCUT2D eigenvalue weighted by atomic mass is 19.3. The molecule has 0 bridgehead atoms. The van der Waals surface area contributed by atoms with Gasteiger partial charge in [-0.05, 0) is 98.4 Å². The molecule has 0 spiro atoms. The summed E-state index contributed by atoms with van der Waals surface area (Å²) in [5.74, 6) is -1.03. The molecule has 188 valence electrons. The van der Waals surface area contributed by atoms with Gasteiger partial charge in [-0.3, -0.25) is 0 Å². The van der Waals surface area contributed by atoms with Gasteiger partial charge in [-0.2, -0.15) is 8.78 Å². The third kappa shape index (κ3) is 6.24. The fraction of sp³-hybridized carbons (Fsp3) is 0.464. The van der Waals surface area contributed by atoms with Gasteiger partial charge in [0.15, 0.2) is 11.6 Å². The lowest BCUT2D eigenvalue weighted by Crippen LogP contribution is -2.30. The summed E-state index contributed by atoms with van der Waals surface area (Å²) in [7, 11) is 0. The van der Waals surface area contributed by atoms with E-state index in [0.29, 0.717) is 17.4 Å². The molecule has 0 N–H and O–H groups in total. The van der Waals surface area contributed by atoms with Gasteiger partial charge >= 0.3 is 12.6 Å². The molecule has 0 aliphatic heterocycles. The molecule has 4 atom stereocenters. The van der Waals surface area contributed by atoms with Crippen LogP contribution in [0.4, 0.5) is 17.6 Å². The van der Waals surface area contributed by atoms with E-state index >= 15 is 4.39 Å². The first-order valence-corrected chi connectivity index (χ1v) is 12.2. The van der Waals surface area contributed by atoms with Crippen LogP contribution in [0.5, 0.6) is 11.5 Å². The van der Waals surface area contributed by atoms with E-state index in [2.05, 4.69) is 11.3 Å². The second-order valence-corrected chi connectivity index (χ2v) is 9.67. The van der Waals surface area contributed by atoms with Crippen molar-refractivity contribution in [2.45, 2.75) is 63.9 Å². The van der Waals surface area contributed by atoms with Crippen LogP contribution in [-0.2, 0) is 0 Å². The number of allylic oxidation sites excluding steroid dienone is 1. The van der Waals surface area contributed by atoms with E-state index in [1.807, 2.05) is 6.08 Å². The van der Waals surface area contributed by atoms with Crippen LogP contribution in [0.25, 0.3) is 0 Å². The largest absolute Gasteiger partial charge is 0.432 e. The molecule has 2 saturated carbocycles. The molecular formula is C28H30F4O3. The van der Waals surface area contributed by atoms with Crippen molar-refractivity contribution in [2.24, 2.45) is 17.8 Å². The van der Waals surface area contributed by atoms with Gasteiger partial charge in [-0.25, -0.2) is 13.6 Å². The maximum absolute atomic E-state index is 15.0. The number of carbonyl (C=O) groups is 1. The fourth-order valence-corrected chi connectivity index (χ4v) is 5.77. The summed E-state index contributed by atoms with van der Waals surface area (Å²) in [6, 6.07) is 7.16. The second-order valence-electron chi connectivity index (χ2n) is 9.67. The molecule has 35 heavy (non-hydrogen) atoms. The van der Waals surface area contributed by atoms with Gasteiger partial charge in [0.05, 0.1) is 5.56 Å². The highest BCUT2D eigenvalue weighted by Gasteiger charge is 2.36. The highest BCUT2D eigenvalue weighted by molar-refractivity contribution is 5.91. The van der Waals surface area contributed by atoms with Crippen LogP contribution in [-0.4, -0.2) is 12.6 Å². The van der Waals surface area contributed by atoms with Crippen LogP contribution in [0.2, 0.25) is 0 Å². The maximum atomic E-state index is 15.0. The number of benzene rings is 2. The lowest BCUT2D eigenvalue weighted by Gasteiger charge is -2.42. The Morgan fingerprint density at radius 2 is 1.77 bits per heavy atom. The Hall–Kier alpha value is -2.83. The van der Waals surface area contributed by atoms with Crippen molar-refractivity contribution in [2.75, 3.05) is 0 Å². The van der Waals surface area contributed by atoms with Gasteiger partial charge in [0.25, 0.3) is 0 Å². The third-order valence-electron chi connectivity index (χ3n) is 7.51. The minimum absolute atomic E-state index is 0.00372. The monoisotopic (exact) mass is 490 g/mol. The van der Waals surface area contributed by atoms with Gasteiger partial charge in [-0.15, -0.1) is 6.58 Å². The molecular weight excluding hydrogens is 460 g/mol. The van der Waals surface area contributed by atoms with Crippen LogP contribution < -0.4 is 9.47 Å². The van der Waals surface area contributed by atoms with E-state index in [-0.39, 0.29) is 17.2 Å². The number of carbonyl (C=O) groups excluding carboxylic acids is 1. The van der Waals surface area contributed by atoms with E-state index in [1.54, 1.807) is 6.07 Å². The van der Waals surface area contributed by atoms with Gasteiger partial charge < -0.3 is 9.47 Å². The molecule has 0 radical (unpaired) electrons. The Bertz CT molecular complexity index is 1050. The van der Waals surface area contributed by atoms with Crippen LogP contribution >= 0.6 is 0 Å². The molecule has 2 aromatic rings. The maximum Gasteiger partial charge on any atom is 0.387 e. The molecule has 2 aliphatic carbocycles. The van der Waals surface area contributed by atoms with E-state index in [9.17, 15) is 18.0 Å². The summed E-state index contributed by atoms with van der Waals surface area (Å²) < 4.78 is 62.5. The summed E-state index contributed by atoms with van der Waals surface area (Å²) in [6.07, 6.45) is 10.9. The Morgan fingerprint density at radius 3 is 2.49 bits per heavy atom. The number of fused-ring (bicyclic) bond motifs is 1. The number of hydrogen-bond donors (Lipinski definition) is 0. The molecule has 7 heteroatoms. The average molecular weight is 491 g/mol. The van der Waals surface area contributed by atoms with Gasteiger partial charge in [0.2, 0.25) is 0 Å². The van der Waals surface area contributed by atoms with Crippen LogP contribution in [0.3, 0.4) is 0 Å². The Morgan fingerprint density at radius 1 is 1.00 bits per heavy atom. The topological polar surface area (TPSA) is 35.5 Å². The van der Waals surface area contributed by atoms with Crippen LogP contribution in [0.1, 0.15) is 73.2 Å². The number of rotatable bonds is 8. The number of hydrogen-bond acceptors (Lipinski definition) is 3. The van der Waals surface area contributed by atoms with Gasteiger partial charge in [0, 0.05) is 6.07 Å². The molecule has 4 rings (SSSR count).